The van der Waals surface area contributed by atoms with Crippen LogP contribution in [0, 0.1) is 17.8 Å². The van der Waals surface area contributed by atoms with Gasteiger partial charge in [-0.15, -0.1) is 0 Å². The normalized spacial score (nSPS) is 22.7. The summed E-state index contributed by atoms with van der Waals surface area (Å²) >= 11 is 0. The molecule has 0 spiro atoms. The third-order valence-electron chi connectivity index (χ3n) is 4.10. The third-order valence-corrected chi connectivity index (χ3v) is 4.10. The van der Waals surface area contributed by atoms with Gasteiger partial charge in [0.05, 0.1) is 0 Å². The van der Waals surface area contributed by atoms with Gasteiger partial charge in [0.2, 0.25) is 0 Å². The second-order valence-corrected chi connectivity index (χ2v) is 6.02. The summed E-state index contributed by atoms with van der Waals surface area (Å²) in [6.07, 6.45) is 9.78. The minimum Gasteiger partial charge on any atom is -0.328 e. The zero-order valence-electron chi connectivity index (χ0n) is 10.8. The van der Waals surface area contributed by atoms with E-state index in [1.807, 2.05) is 0 Å². The van der Waals surface area contributed by atoms with Gasteiger partial charge in [-0.3, -0.25) is 0 Å². The van der Waals surface area contributed by atoms with Gasteiger partial charge in [-0.1, -0.05) is 6.42 Å². The lowest BCUT2D eigenvalue weighted by Gasteiger charge is -2.16. The van der Waals surface area contributed by atoms with E-state index < -0.39 is 0 Å². The van der Waals surface area contributed by atoms with E-state index in [1.54, 1.807) is 0 Å². The summed E-state index contributed by atoms with van der Waals surface area (Å²) in [5.74, 6) is 3.20. The maximum atomic E-state index is 5.73. The second kappa shape index (κ2) is 6.02. The van der Waals surface area contributed by atoms with Crippen molar-refractivity contribution >= 4 is 0 Å². The molecule has 1 unspecified atom stereocenters. The van der Waals surface area contributed by atoms with E-state index in [1.165, 1.54) is 58.0 Å². The molecule has 0 heterocycles. The van der Waals surface area contributed by atoms with E-state index in [9.17, 15) is 0 Å². The van der Waals surface area contributed by atoms with E-state index >= 15 is 0 Å². The van der Waals surface area contributed by atoms with E-state index in [0.717, 1.165) is 17.8 Å². The fourth-order valence-electron chi connectivity index (χ4n) is 2.75. The highest BCUT2D eigenvalue weighted by Gasteiger charge is 2.40. The Kier molecular flexibility index (Phi) is 4.66. The number of hydrogen-bond donors (Lipinski definition) is 2. The van der Waals surface area contributed by atoms with Gasteiger partial charge < -0.3 is 11.1 Å². The molecule has 0 aliphatic heterocycles. The molecule has 2 saturated carbocycles. The molecule has 2 rings (SSSR count). The van der Waals surface area contributed by atoms with Crippen LogP contribution in [-0.2, 0) is 0 Å². The van der Waals surface area contributed by atoms with Crippen molar-refractivity contribution in [1.29, 1.82) is 0 Å². The van der Waals surface area contributed by atoms with Gasteiger partial charge in [0.1, 0.15) is 0 Å². The first kappa shape index (κ1) is 12.4. The summed E-state index contributed by atoms with van der Waals surface area (Å²) in [5, 5.41) is 3.66. The van der Waals surface area contributed by atoms with Crippen molar-refractivity contribution in [3.05, 3.63) is 0 Å². The highest BCUT2D eigenvalue weighted by molar-refractivity contribution is 4.92. The van der Waals surface area contributed by atoms with Crippen molar-refractivity contribution < 1.29 is 0 Å². The van der Waals surface area contributed by atoms with Gasteiger partial charge in [0, 0.05) is 6.04 Å². The molecule has 0 amide bonds. The smallest absolute Gasteiger partial charge is 0.00104 e. The summed E-state index contributed by atoms with van der Waals surface area (Å²) in [6.45, 7) is 4.58. The van der Waals surface area contributed by atoms with Crippen LogP contribution in [0.5, 0.6) is 0 Å². The summed E-state index contributed by atoms with van der Waals surface area (Å²) in [5.41, 5.74) is 5.73. The zero-order valence-corrected chi connectivity index (χ0v) is 10.8. The van der Waals surface area contributed by atoms with Crippen LogP contribution < -0.4 is 11.1 Å². The predicted octanol–water partition coefficient (Wildman–Crippen LogP) is 2.53. The van der Waals surface area contributed by atoms with Crippen LogP contribution in [0.2, 0.25) is 0 Å². The first-order chi connectivity index (χ1) is 7.77. The molecule has 0 saturated heterocycles. The Hall–Kier alpha value is -0.0800. The Bertz CT molecular complexity index is 183. The van der Waals surface area contributed by atoms with Gasteiger partial charge >= 0.3 is 0 Å². The lowest BCUT2D eigenvalue weighted by Crippen LogP contribution is -2.26. The molecule has 3 N–H and O–H groups in total. The Morgan fingerprint density at radius 1 is 1.12 bits per heavy atom. The second-order valence-electron chi connectivity index (χ2n) is 6.02. The quantitative estimate of drug-likeness (QED) is 0.591. The van der Waals surface area contributed by atoms with Crippen molar-refractivity contribution in [3.63, 3.8) is 0 Å². The van der Waals surface area contributed by atoms with E-state index in [2.05, 4.69) is 12.2 Å². The standard InChI is InChI=1S/C14H28N2/c1-11(15)4-2-3-9-16-10-14(12-5-6-12)13-7-8-13/h11-14,16H,2-10,15H2,1H3. The molecule has 0 aromatic rings. The molecule has 0 aromatic heterocycles. The molecule has 0 radical (unpaired) electrons. The first-order valence-electron chi connectivity index (χ1n) is 7.23. The van der Waals surface area contributed by atoms with Crippen LogP contribution in [0.1, 0.15) is 51.9 Å². The minimum absolute atomic E-state index is 0.380. The SMILES string of the molecule is CC(N)CCCCNCC(C1CC1)C1CC1. The first-order valence-corrected chi connectivity index (χ1v) is 7.23. The van der Waals surface area contributed by atoms with E-state index in [-0.39, 0.29) is 0 Å². The average molecular weight is 224 g/mol. The van der Waals surface area contributed by atoms with Crippen molar-refractivity contribution in [1.82, 2.24) is 5.32 Å². The monoisotopic (exact) mass is 224 g/mol. The molecule has 2 heteroatoms. The fourth-order valence-corrected chi connectivity index (χ4v) is 2.75. The van der Waals surface area contributed by atoms with Gasteiger partial charge in [-0.05, 0) is 76.3 Å². The zero-order chi connectivity index (χ0) is 11.4. The number of rotatable bonds is 9. The molecule has 2 nitrogen and oxygen atoms in total. The predicted molar refractivity (Wildman–Crippen MR) is 69.3 cm³/mol. The number of nitrogens with one attached hydrogen (secondary N) is 1. The minimum atomic E-state index is 0.380. The third kappa shape index (κ3) is 4.42. The van der Waals surface area contributed by atoms with Gasteiger partial charge in [-0.25, -0.2) is 0 Å². The summed E-state index contributed by atoms with van der Waals surface area (Å²) in [4.78, 5) is 0. The number of unbranched alkanes of at least 4 members (excludes halogenated alkanes) is 1. The Morgan fingerprint density at radius 3 is 2.25 bits per heavy atom. The molecule has 0 aromatic carbocycles. The van der Waals surface area contributed by atoms with Crippen LogP contribution >= 0.6 is 0 Å². The van der Waals surface area contributed by atoms with Gasteiger partial charge in [-0.2, -0.15) is 0 Å². The largest absolute Gasteiger partial charge is 0.328 e. The van der Waals surface area contributed by atoms with E-state index in [4.69, 9.17) is 5.73 Å². The Labute approximate surface area is 100 Å². The molecular weight excluding hydrogens is 196 g/mol. The molecule has 0 bridgehead atoms. The van der Waals surface area contributed by atoms with Crippen LogP contribution in [0.25, 0.3) is 0 Å². The van der Waals surface area contributed by atoms with Crippen LogP contribution in [0.15, 0.2) is 0 Å². The van der Waals surface area contributed by atoms with Crippen molar-refractivity contribution in [3.8, 4) is 0 Å². The molecule has 94 valence electrons. The topological polar surface area (TPSA) is 38.0 Å². The molecule has 2 fully saturated rings. The molecule has 16 heavy (non-hydrogen) atoms. The van der Waals surface area contributed by atoms with Gasteiger partial charge in [0.15, 0.2) is 0 Å². The highest BCUT2D eigenvalue weighted by atomic mass is 14.9. The summed E-state index contributed by atoms with van der Waals surface area (Å²) in [6, 6.07) is 0.380. The molecule has 1 atom stereocenters. The van der Waals surface area contributed by atoms with Crippen molar-refractivity contribution in [2.75, 3.05) is 13.1 Å². The molecule has 2 aliphatic carbocycles. The Morgan fingerprint density at radius 2 is 1.75 bits per heavy atom. The lowest BCUT2D eigenvalue weighted by molar-refractivity contribution is 0.376. The fraction of sp³-hybridized carbons (Fsp3) is 1.00. The van der Waals surface area contributed by atoms with Crippen molar-refractivity contribution in [2.45, 2.75) is 57.9 Å². The number of hydrogen-bond acceptors (Lipinski definition) is 2. The Balaban J connectivity index is 1.46. The average Bonchev–Trinajstić information content (AvgIpc) is 3.10. The summed E-state index contributed by atoms with van der Waals surface area (Å²) < 4.78 is 0. The van der Waals surface area contributed by atoms with Gasteiger partial charge in [0.25, 0.3) is 0 Å². The molecular formula is C14H28N2. The van der Waals surface area contributed by atoms with Crippen LogP contribution in [-0.4, -0.2) is 19.1 Å². The highest BCUT2D eigenvalue weighted by Crippen LogP contribution is 2.48. The van der Waals surface area contributed by atoms with Crippen LogP contribution in [0.4, 0.5) is 0 Å². The van der Waals surface area contributed by atoms with Crippen molar-refractivity contribution in [2.24, 2.45) is 23.5 Å². The maximum Gasteiger partial charge on any atom is 0.00104 e. The lowest BCUT2D eigenvalue weighted by atomic mass is 9.98. The molecule has 2 aliphatic rings. The maximum absolute atomic E-state index is 5.73. The van der Waals surface area contributed by atoms with E-state index in [0.29, 0.717) is 6.04 Å². The summed E-state index contributed by atoms with van der Waals surface area (Å²) in [7, 11) is 0. The number of nitrogens with two attached hydrogens (primary N) is 1. The van der Waals surface area contributed by atoms with Crippen LogP contribution in [0.3, 0.4) is 0 Å².